The topological polar surface area (TPSA) is 111 Å². The molecule has 1 aliphatic rings. The van der Waals surface area contributed by atoms with Crippen molar-refractivity contribution < 1.29 is 36.7 Å². The number of ether oxygens (including phenoxy) is 1. The van der Waals surface area contributed by atoms with E-state index >= 15 is 0 Å². The van der Waals surface area contributed by atoms with E-state index in [4.69, 9.17) is 5.73 Å². The number of hydrogen-bond acceptors (Lipinski definition) is 6. The summed E-state index contributed by atoms with van der Waals surface area (Å²) in [6, 6.07) is 3.94. The van der Waals surface area contributed by atoms with Crippen molar-refractivity contribution in [2.24, 2.45) is 5.73 Å². The molecule has 1 aromatic heterocycles. The summed E-state index contributed by atoms with van der Waals surface area (Å²) in [5.74, 6) is -5.05. The van der Waals surface area contributed by atoms with Gasteiger partial charge in [-0.15, -0.1) is 11.3 Å². The number of esters is 1. The number of carbonyl (C=O) groups is 3. The minimum Gasteiger partial charge on any atom is -0.463 e. The molecule has 4 N–H and O–H groups in total. The van der Waals surface area contributed by atoms with Gasteiger partial charge in [-0.2, -0.15) is 13.2 Å². The predicted octanol–water partition coefficient (Wildman–Crippen LogP) is 3.14. The van der Waals surface area contributed by atoms with Crippen LogP contribution in [0.4, 0.5) is 22.6 Å². The molecule has 0 unspecified atom stereocenters. The Morgan fingerprint density at radius 2 is 1.94 bits per heavy atom. The maximum Gasteiger partial charge on any atom is 0.441 e. The molecule has 0 aliphatic heterocycles. The lowest BCUT2D eigenvalue weighted by Crippen LogP contribution is -2.69. The standard InChI is InChI=1S/C20H19F4N3O4S/c1-2-31-18(30)19(20(22,23)24,26-16(29)10-5-3-6-11(21)9-10)27-17-14(15(25)28)12-7-4-8-13(12)32-17/h3,5-6,9,27H,2,4,7-8H2,1H3,(H2,25,28)(H,26,29)/t19-/m0/s1. The second-order valence-corrected chi connectivity index (χ2v) is 8.09. The van der Waals surface area contributed by atoms with Gasteiger partial charge in [-0.1, -0.05) is 6.07 Å². The molecule has 0 fully saturated rings. The average Bonchev–Trinajstić information content (AvgIpc) is 3.26. The number of rotatable bonds is 7. The summed E-state index contributed by atoms with van der Waals surface area (Å²) in [6.07, 6.45) is -3.72. The summed E-state index contributed by atoms with van der Waals surface area (Å²) in [5.41, 5.74) is 1.55. The van der Waals surface area contributed by atoms with E-state index in [1.807, 2.05) is 5.32 Å². The zero-order valence-corrected chi connectivity index (χ0v) is 17.6. The van der Waals surface area contributed by atoms with Gasteiger partial charge in [0.15, 0.2) is 0 Å². The lowest BCUT2D eigenvalue weighted by molar-refractivity contribution is -0.204. The highest BCUT2D eigenvalue weighted by Crippen LogP contribution is 2.42. The monoisotopic (exact) mass is 473 g/mol. The van der Waals surface area contributed by atoms with E-state index in [9.17, 15) is 31.9 Å². The zero-order valence-electron chi connectivity index (χ0n) is 16.8. The van der Waals surface area contributed by atoms with Crippen molar-refractivity contribution in [1.29, 1.82) is 0 Å². The van der Waals surface area contributed by atoms with Crippen LogP contribution in [0.25, 0.3) is 0 Å². The Balaban J connectivity index is 2.11. The van der Waals surface area contributed by atoms with E-state index in [-0.39, 0.29) is 10.6 Å². The van der Waals surface area contributed by atoms with Crippen molar-refractivity contribution in [3.63, 3.8) is 0 Å². The molecule has 3 rings (SSSR count). The summed E-state index contributed by atoms with van der Waals surface area (Å²) in [6.45, 7) is 0.875. The second kappa shape index (κ2) is 8.77. The van der Waals surface area contributed by atoms with Crippen LogP contribution < -0.4 is 16.4 Å². The number of benzene rings is 1. The van der Waals surface area contributed by atoms with Gasteiger partial charge in [0, 0.05) is 10.4 Å². The normalized spacial score (nSPS) is 14.9. The molecule has 2 amide bonds. The lowest BCUT2D eigenvalue weighted by Gasteiger charge is -2.35. The first-order valence-corrected chi connectivity index (χ1v) is 10.4. The number of thiophene rings is 1. The maximum atomic E-state index is 14.4. The minimum atomic E-state index is -5.41. The SMILES string of the molecule is CCOC(=O)[C@](NC(=O)c1cccc(F)c1)(Nc1sc2c(c1C(N)=O)CCC2)C(F)(F)F. The minimum absolute atomic E-state index is 0.166. The van der Waals surface area contributed by atoms with Crippen LogP contribution in [-0.2, 0) is 22.4 Å². The van der Waals surface area contributed by atoms with Crippen LogP contribution in [-0.4, -0.2) is 36.2 Å². The second-order valence-electron chi connectivity index (χ2n) is 6.98. The van der Waals surface area contributed by atoms with Crippen LogP contribution in [0.15, 0.2) is 24.3 Å². The van der Waals surface area contributed by atoms with Crippen LogP contribution in [0.1, 0.15) is 44.5 Å². The lowest BCUT2D eigenvalue weighted by atomic mass is 10.1. The molecule has 1 heterocycles. The van der Waals surface area contributed by atoms with Crippen molar-refractivity contribution in [2.45, 2.75) is 38.0 Å². The molecule has 0 spiro atoms. The number of alkyl halides is 3. The number of primary amides is 1. The Hall–Kier alpha value is -3.15. The fourth-order valence-electron chi connectivity index (χ4n) is 3.43. The van der Waals surface area contributed by atoms with Gasteiger partial charge < -0.3 is 21.1 Å². The van der Waals surface area contributed by atoms with E-state index in [1.54, 1.807) is 5.32 Å². The average molecular weight is 473 g/mol. The number of amides is 2. The van der Waals surface area contributed by atoms with Crippen LogP contribution in [0.3, 0.4) is 0 Å². The van der Waals surface area contributed by atoms with Gasteiger partial charge in [-0.3, -0.25) is 9.59 Å². The number of hydrogen-bond donors (Lipinski definition) is 3. The number of nitrogens with two attached hydrogens (primary N) is 1. The molecule has 32 heavy (non-hydrogen) atoms. The van der Waals surface area contributed by atoms with Gasteiger partial charge >= 0.3 is 17.8 Å². The van der Waals surface area contributed by atoms with E-state index in [0.717, 1.165) is 35.6 Å². The quantitative estimate of drug-likeness (QED) is 0.325. The molecule has 0 saturated carbocycles. The third-order valence-corrected chi connectivity index (χ3v) is 6.07. The zero-order chi connectivity index (χ0) is 23.7. The highest BCUT2D eigenvalue weighted by molar-refractivity contribution is 7.16. The molecule has 1 atom stereocenters. The molecule has 1 aliphatic carbocycles. The Morgan fingerprint density at radius 3 is 2.53 bits per heavy atom. The summed E-state index contributed by atoms with van der Waals surface area (Å²) in [7, 11) is 0. The third kappa shape index (κ3) is 4.27. The predicted molar refractivity (Wildman–Crippen MR) is 108 cm³/mol. The van der Waals surface area contributed by atoms with Crippen LogP contribution in [0.2, 0.25) is 0 Å². The molecule has 1 aromatic carbocycles. The van der Waals surface area contributed by atoms with Gasteiger partial charge in [0.05, 0.1) is 12.2 Å². The van der Waals surface area contributed by atoms with Crippen molar-refractivity contribution in [1.82, 2.24) is 5.32 Å². The summed E-state index contributed by atoms with van der Waals surface area (Å²) < 4.78 is 61.2. The van der Waals surface area contributed by atoms with Crippen molar-refractivity contribution >= 4 is 34.1 Å². The third-order valence-electron chi connectivity index (χ3n) is 4.86. The molecule has 172 valence electrons. The van der Waals surface area contributed by atoms with Crippen LogP contribution in [0.5, 0.6) is 0 Å². The summed E-state index contributed by atoms with van der Waals surface area (Å²) in [4.78, 5) is 37.9. The number of halogens is 4. The van der Waals surface area contributed by atoms with Crippen molar-refractivity contribution in [3.05, 3.63) is 51.7 Å². The molecular weight excluding hydrogens is 454 g/mol. The van der Waals surface area contributed by atoms with Gasteiger partial charge in [-0.25, -0.2) is 9.18 Å². The van der Waals surface area contributed by atoms with E-state index in [0.29, 0.717) is 29.7 Å². The van der Waals surface area contributed by atoms with E-state index in [2.05, 4.69) is 4.74 Å². The summed E-state index contributed by atoms with van der Waals surface area (Å²) >= 11 is 0.850. The van der Waals surface area contributed by atoms with Crippen molar-refractivity contribution in [2.75, 3.05) is 11.9 Å². The summed E-state index contributed by atoms with van der Waals surface area (Å²) in [5, 5.41) is 3.31. The number of anilines is 1. The van der Waals surface area contributed by atoms with E-state index < -0.39 is 47.6 Å². The van der Waals surface area contributed by atoms with Crippen molar-refractivity contribution in [3.8, 4) is 0 Å². The number of fused-ring (bicyclic) bond motifs is 1. The van der Waals surface area contributed by atoms with Gasteiger partial charge in [0.2, 0.25) is 0 Å². The number of nitrogens with one attached hydrogen (secondary N) is 2. The highest BCUT2D eigenvalue weighted by Gasteiger charge is 2.64. The first-order chi connectivity index (χ1) is 15.0. The molecule has 0 saturated heterocycles. The fourth-order valence-corrected chi connectivity index (χ4v) is 4.78. The maximum absolute atomic E-state index is 14.4. The fraction of sp³-hybridized carbons (Fsp3) is 0.350. The molecule has 2 aromatic rings. The van der Waals surface area contributed by atoms with Gasteiger partial charge in [-0.05, 0) is 49.9 Å². The van der Waals surface area contributed by atoms with Gasteiger partial charge in [0.1, 0.15) is 10.8 Å². The van der Waals surface area contributed by atoms with Gasteiger partial charge in [0.25, 0.3) is 11.8 Å². The Labute approximate surface area is 183 Å². The Bertz CT molecular complexity index is 1070. The Morgan fingerprint density at radius 1 is 1.22 bits per heavy atom. The molecule has 0 radical (unpaired) electrons. The number of carbonyl (C=O) groups excluding carboxylic acids is 3. The first-order valence-electron chi connectivity index (χ1n) is 9.54. The smallest absolute Gasteiger partial charge is 0.441 e. The van der Waals surface area contributed by atoms with E-state index in [1.165, 1.54) is 6.92 Å². The van der Waals surface area contributed by atoms with Crippen LogP contribution >= 0.6 is 11.3 Å². The molecule has 0 bridgehead atoms. The Kier molecular flexibility index (Phi) is 6.44. The van der Waals surface area contributed by atoms with Crippen LogP contribution in [0, 0.1) is 5.82 Å². The highest BCUT2D eigenvalue weighted by atomic mass is 32.1. The molecule has 7 nitrogen and oxygen atoms in total. The largest absolute Gasteiger partial charge is 0.463 e. The first kappa shape index (κ1) is 23.5. The molecule has 12 heteroatoms. The number of aryl methyl sites for hydroxylation is 1. The molecular formula is C20H19F4N3O4S.